The van der Waals surface area contributed by atoms with E-state index in [9.17, 15) is 14.9 Å². The maximum atomic E-state index is 12.1. The normalized spacial score (nSPS) is 9.80. The maximum absolute atomic E-state index is 12.1. The van der Waals surface area contributed by atoms with Crippen LogP contribution in [0.3, 0.4) is 0 Å². The van der Waals surface area contributed by atoms with Gasteiger partial charge < -0.3 is 5.32 Å². The van der Waals surface area contributed by atoms with Crippen LogP contribution in [0.4, 0.5) is 11.5 Å². The van der Waals surface area contributed by atoms with Crippen LogP contribution >= 0.6 is 0 Å². The number of hydrogen-bond donors (Lipinski definition) is 1. The van der Waals surface area contributed by atoms with Crippen LogP contribution in [0, 0.1) is 21.4 Å². The highest BCUT2D eigenvalue weighted by Crippen LogP contribution is 2.20. The molecule has 0 saturated carbocycles. The molecule has 0 aliphatic carbocycles. The fourth-order valence-electron chi connectivity index (χ4n) is 1.67. The minimum Gasteiger partial charge on any atom is -0.305 e. The number of carbonyl (C=O) groups is 1. The SMILES string of the molecule is Cn1ncc(C#N)c1NC(=O)c1ccccc1[N+](=O)[O-]. The van der Waals surface area contributed by atoms with E-state index in [2.05, 4.69) is 10.4 Å². The molecule has 8 nitrogen and oxygen atoms in total. The molecule has 0 saturated heterocycles. The predicted molar refractivity (Wildman–Crippen MR) is 69.0 cm³/mol. The Labute approximate surface area is 113 Å². The molecule has 2 aromatic rings. The Morgan fingerprint density at radius 3 is 2.85 bits per heavy atom. The minimum absolute atomic E-state index is 0.0809. The van der Waals surface area contributed by atoms with Gasteiger partial charge in [-0.05, 0) is 6.07 Å². The Bertz CT molecular complexity index is 729. The molecule has 1 heterocycles. The van der Waals surface area contributed by atoms with Crippen molar-refractivity contribution in [3.05, 3.63) is 51.7 Å². The zero-order chi connectivity index (χ0) is 14.7. The first-order valence-electron chi connectivity index (χ1n) is 5.51. The van der Waals surface area contributed by atoms with E-state index in [4.69, 9.17) is 5.26 Å². The first-order chi connectivity index (χ1) is 9.54. The molecule has 0 aliphatic rings. The number of nitro groups is 1. The molecule has 8 heteroatoms. The lowest BCUT2D eigenvalue weighted by Crippen LogP contribution is -2.16. The Balaban J connectivity index is 2.37. The molecule has 1 amide bonds. The van der Waals surface area contributed by atoms with Crippen molar-refractivity contribution >= 4 is 17.4 Å². The van der Waals surface area contributed by atoms with Crippen LogP contribution in [0.2, 0.25) is 0 Å². The van der Waals surface area contributed by atoms with E-state index in [0.717, 1.165) is 0 Å². The fourth-order valence-corrected chi connectivity index (χ4v) is 1.67. The highest BCUT2D eigenvalue weighted by molar-refractivity contribution is 6.07. The Morgan fingerprint density at radius 2 is 2.20 bits per heavy atom. The van der Waals surface area contributed by atoms with Crippen molar-refractivity contribution < 1.29 is 9.72 Å². The zero-order valence-corrected chi connectivity index (χ0v) is 10.4. The monoisotopic (exact) mass is 271 g/mol. The molecule has 0 fully saturated rings. The zero-order valence-electron chi connectivity index (χ0n) is 10.4. The summed E-state index contributed by atoms with van der Waals surface area (Å²) in [6, 6.07) is 7.46. The number of nitriles is 1. The second-order valence-electron chi connectivity index (χ2n) is 3.87. The minimum atomic E-state index is -0.669. The van der Waals surface area contributed by atoms with Gasteiger partial charge in [0.1, 0.15) is 23.0 Å². The van der Waals surface area contributed by atoms with Gasteiger partial charge >= 0.3 is 0 Å². The lowest BCUT2D eigenvalue weighted by atomic mass is 10.1. The van der Waals surface area contributed by atoms with Gasteiger partial charge in [-0.15, -0.1) is 0 Å². The van der Waals surface area contributed by atoms with Crippen molar-refractivity contribution in [1.82, 2.24) is 9.78 Å². The topological polar surface area (TPSA) is 114 Å². The van der Waals surface area contributed by atoms with Gasteiger partial charge in [-0.1, -0.05) is 12.1 Å². The quantitative estimate of drug-likeness (QED) is 0.670. The highest BCUT2D eigenvalue weighted by atomic mass is 16.6. The second kappa shape index (κ2) is 5.19. The molecule has 0 radical (unpaired) electrons. The Morgan fingerprint density at radius 1 is 1.50 bits per heavy atom. The second-order valence-corrected chi connectivity index (χ2v) is 3.87. The number of nitrogens with zero attached hydrogens (tertiary/aromatic N) is 4. The molecule has 100 valence electrons. The van der Waals surface area contributed by atoms with E-state index in [0.29, 0.717) is 0 Å². The van der Waals surface area contributed by atoms with Crippen LogP contribution in [0.25, 0.3) is 0 Å². The highest BCUT2D eigenvalue weighted by Gasteiger charge is 2.21. The van der Waals surface area contributed by atoms with E-state index in [1.165, 1.54) is 35.1 Å². The van der Waals surface area contributed by atoms with Crippen molar-refractivity contribution in [1.29, 1.82) is 5.26 Å². The molecule has 1 aromatic heterocycles. The molecule has 0 unspecified atom stereocenters. The number of nitrogens with one attached hydrogen (secondary N) is 1. The molecular weight excluding hydrogens is 262 g/mol. The maximum Gasteiger partial charge on any atom is 0.282 e. The van der Waals surface area contributed by atoms with E-state index in [1.54, 1.807) is 7.05 Å². The molecule has 1 N–H and O–H groups in total. The third-order valence-electron chi connectivity index (χ3n) is 2.64. The third kappa shape index (κ3) is 2.32. The number of carbonyl (C=O) groups excluding carboxylic acids is 1. The summed E-state index contributed by atoms with van der Waals surface area (Å²) in [5.74, 6) is -0.479. The molecule has 1 aromatic carbocycles. The van der Waals surface area contributed by atoms with E-state index in [1.807, 2.05) is 6.07 Å². The first kappa shape index (κ1) is 13.2. The average Bonchev–Trinajstić information content (AvgIpc) is 2.79. The van der Waals surface area contributed by atoms with Gasteiger partial charge in [-0.3, -0.25) is 19.6 Å². The van der Waals surface area contributed by atoms with Gasteiger partial charge in [0, 0.05) is 13.1 Å². The molecule has 20 heavy (non-hydrogen) atoms. The smallest absolute Gasteiger partial charge is 0.282 e. The number of aromatic nitrogens is 2. The first-order valence-corrected chi connectivity index (χ1v) is 5.51. The molecular formula is C12H9N5O3. The number of amides is 1. The average molecular weight is 271 g/mol. The molecule has 2 rings (SSSR count). The van der Waals surface area contributed by atoms with Gasteiger partial charge in [0.25, 0.3) is 11.6 Å². The molecule has 0 aliphatic heterocycles. The lowest BCUT2D eigenvalue weighted by molar-refractivity contribution is -0.385. The van der Waals surface area contributed by atoms with E-state index < -0.39 is 10.8 Å². The summed E-state index contributed by atoms with van der Waals surface area (Å²) in [5, 5.41) is 26.1. The molecule has 0 atom stereocenters. The number of nitro benzene ring substituents is 1. The van der Waals surface area contributed by atoms with Crippen LogP contribution in [0.1, 0.15) is 15.9 Å². The number of benzene rings is 1. The van der Waals surface area contributed by atoms with Crippen molar-refractivity contribution in [3.63, 3.8) is 0 Å². The van der Waals surface area contributed by atoms with Gasteiger partial charge in [-0.2, -0.15) is 10.4 Å². The van der Waals surface area contributed by atoms with Crippen LogP contribution in [0.15, 0.2) is 30.5 Å². The van der Waals surface area contributed by atoms with E-state index >= 15 is 0 Å². The van der Waals surface area contributed by atoms with Crippen molar-refractivity contribution in [2.24, 2.45) is 7.05 Å². The third-order valence-corrected chi connectivity index (χ3v) is 2.64. The van der Waals surface area contributed by atoms with Crippen molar-refractivity contribution in [2.75, 3.05) is 5.32 Å². The van der Waals surface area contributed by atoms with Gasteiger partial charge in [0.05, 0.1) is 11.1 Å². The van der Waals surface area contributed by atoms with Crippen LogP contribution < -0.4 is 5.32 Å². The summed E-state index contributed by atoms with van der Waals surface area (Å²) >= 11 is 0. The molecule has 0 spiro atoms. The summed E-state index contributed by atoms with van der Waals surface area (Å²) in [5.41, 5.74) is -0.201. The lowest BCUT2D eigenvalue weighted by Gasteiger charge is -2.06. The van der Waals surface area contributed by atoms with E-state index in [-0.39, 0.29) is 22.6 Å². The summed E-state index contributed by atoms with van der Waals surface area (Å²) < 4.78 is 1.31. The number of para-hydroxylation sites is 1. The number of anilines is 1. The van der Waals surface area contributed by atoms with Crippen LogP contribution in [-0.2, 0) is 7.05 Å². The largest absolute Gasteiger partial charge is 0.305 e. The fraction of sp³-hybridized carbons (Fsp3) is 0.0833. The van der Waals surface area contributed by atoms with Crippen LogP contribution in [0.5, 0.6) is 0 Å². The summed E-state index contributed by atoms with van der Waals surface area (Å²) in [6.45, 7) is 0. The van der Waals surface area contributed by atoms with Gasteiger partial charge in [0.15, 0.2) is 0 Å². The predicted octanol–water partition coefficient (Wildman–Crippen LogP) is 1.45. The number of hydrogen-bond acceptors (Lipinski definition) is 5. The van der Waals surface area contributed by atoms with Crippen molar-refractivity contribution in [2.45, 2.75) is 0 Å². The van der Waals surface area contributed by atoms with Gasteiger partial charge in [0.2, 0.25) is 0 Å². The van der Waals surface area contributed by atoms with Gasteiger partial charge in [-0.25, -0.2) is 0 Å². The molecule has 0 bridgehead atoms. The summed E-state index contributed by atoms with van der Waals surface area (Å²) in [6.07, 6.45) is 1.30. The standard InChI is InChI=1S/C12H9N5O3/c1-16-11(8(6-13)7-14-16)15-12(18)9-4-2-3-5-10(9)17(19)20/h2-5,7H,1H3,(H,15,18). The number of aryl methyl sites for hydroxylation is 1. The van der Waals surface area contributed by atoms with Crippen molar-refractivity contribution in [3.8, 4) is 6.07 Å². The Kier molecular flexibility index (Phi) is 3.43. The Hall–Kier alpha value is -3.21. The van der Waals surface area contributed by atoms with Crippen LogP contribution in [-0.4, -0.2) is 20.6 Å². The summed E-state index contributed by atoms with van der Waals surface area (Å²) in [4.78, 5) is 22.3. The number of rotatable bonds is 3. The summed E-state index contributed by atoms with van der Waals surface area (Å²) in [7, 11) is 1.55.